The second-order valence-electron chi connectivity index (χ2n) is 10.9. The number of amides is 1. The van der Waals surface area contributed by atoms with E-state index in [1.54, 1.807) is 11.0 Å². The van der Waals surface area contributed by atoms with Gasteiger partial charge in [0.25, 0.3) is 11.7 Å². The van der Waals surface area contributed by atoms with E-state index in [4.69, 9.17) is 9.47 Å². The lowest BCUT2D eigenvalue weighted by atomic mass is 9.85. The predicted octanol–water partition coefficient (Wildman–Crippen LogP) is 5.54. The van der Waals surface area contributed by atoms with Gasteiger partial charge in [-0.15, -0.1) is 0 Å². The first kappa shape index (κ1) is 29.2. The average Bonchev–Trinajstić information content (AvgIpc) is 3.12. The molecule has 1 amide bonds. The molecule has 1 saturated heterocycles. The van der Waals surface area contributed by atoms with Gasteiger partial charge in [0.15, 0.2) is 0 Å². The summed E-state index contributed by atoms with van der Waals surface area (Å²) in [6, 6.07) is 12.2. The summed E-state index contributed by atoms with van der Waals surface area (Å²) in [5.41, 5.74) is 1.93. The van der Waals surface area contributed by atoms with Crippen LogP contribution in [-0.2, 0) is 15.0 Å². The molecule has 1 unspecified atom stereocenters. The number of likely N-dealkylation sites (tertiary alicyclic amines) is 1. The zero-order chi connectivity index (χ0) is 28.2. The van der Waals surface area contributed by atoms with Gasteiger partial charge in [-0.25, -0.2) is 0 Å². The summed E-state index contributed by atoms with van der Waals surface area (Å²) in [5.74, 6) is -0.494. The number of hydrogen-bond acceptors (Lipinski definition) is 6. The Balaban J connectivity index is 2.23. The minimum absolute atomic E-state index is 0.0383. The molecule has 1 fully saturated rings. The monoisotopic (exact) mass is 522 g/mol. The van der Waals surface area contributed by atoms with Crippen LogP contribution in [0.15, 0.2) is 48.0 Å². The maximum atomic E-state index is 13.5. The average molecular weight is 523 g/mol. The van der Waals surface area contributed by atoms with Crippen molar-refractivity contribution in [3.05, 3.63) is 64.7 Å². The van der Waals surface area contributed by atoms with Crippen LogP contribution in [-0.4, -0.2) is 66.0 Å². The summed E-state index contributed by atoms with van der Waals surface area (Å²) < 4.78 is 11.5. The van der Waals surface area contributed by atoms with Crippen molar-refractivity contribution < 1.29 is 24.2 Å². The second-order valence-corrected chi connectivity index (χ2v) is 10.9. The van der Waals surface area contributed by atoms with E-state index in [0.29, 0.717) is 35.7 Å². The first-order chi connectivity index (χ1) is 17.9. The third kappa shape index (κ3) is 6.21. The van der Waals surface area contributed by atoms with Crippen molar-refractivity contribution in [2.75, 3.05) is 33.3 Å². The summed E-state index contributed by atoms with van der Waals surface area (Å²) in [6.45, 7) is 16.9. The van der Waals surface area contributed by atoms with Crippen molar-refractivity contribution in [1.29, 1.82) is 0 Å². The molecule has 2 aromatic rings. The molecule has 0 aromatic heterocycles. The molecule has 0 spiro atoms. The lowest BCUT2D eigenvalue weighted by molar-refractivity contribution is -0.140. The molecule has 0 radical (unpaired) electrons. The molecule has 0 aliphatic carbocycles. The number of likely N-dealkylation sites (N-methyl/N-ethyl adjacent to an activating group) is 1. The first-order valence-electron chi connectivity index (χ1n) is 13.4. The van der Waals surface area contributed by atoms with Crippen molar-refractivity contribution in [1.82, 2.24) is 9.80 Å². The quantitative estimate of drug-likeness (QED) is 0.251. The van der Waals surface area contributed by atoms with Crippen LogP contribution in [0.3, 0.4) is 0 Å². The normalized spacial score (nSPS) is 17.5. The highest BCUT2D eigenvalue weighted by molar-refractivity contribution is 6.46. The predicted molar refractivity (Wildman–Crippen MR) is 151 cm³/mol. The number of benzene rings is 2. The van der Waals surface area contributed by atoms with Crippen LogP contribution < -0.4 is 9.47 Å². The molecular weight excluding hydrogens is 480 g/mol. The van der Waals surface area contributed by atoms with Crippen LogP contribution in [0.1, 0.15) is 71.2 Å². The smallest absolute Gasteiger partial charge is 0.295 e. The van der Waals surface area contributed by atoms with Crippen molar-refractivity contribution >= 4 is 17.4 Å². The molecule has 38 heavy (non-hydrogen) atoms. The molecular formula is C31H42N2O5. The van der Waals surface area contributed by atoms with E-state index < -0.39 is 17.7 Å². The summed E-state index contributed by atoms with van der Waals surface area (Å²) in [5, 5.41) is 11.7. The summed E-state index contributed by atoms with van der Waals surface area (Å²) in [6.07, 6.45) is -0.0383. The Labute approximate surface area is 227 Å². The van der Waals surface area contributed by atoms with Gasteiger partial charge in [-0.05, 0) is 67.7 Å². The maximum Gasteiger partial charge on any atom is 0.295 e. The van der Waals surface area contributed by atoms with Gasteiger partial charge in [0.05, 0.1) is 30.4 Å². The van der Waals surface area contributed by atoms with Gasteiger partial charge in [-0.1, -0.05) is 52.8 Å². The molecule has 2 aromatic carbocycles. The molecule has 206 valence electrons. The van der Waals surface area contributed by atoms with Crippen molar-refractivity contribution in [2.24, 2.45) is 0 Å². The van der Waals surface area contributed by atoms with Crippen LogP contribution in [0.4, 0.5) is 0 Å². The minimum atomic E-state index is -0.760. The van der Waals surface area contributed by atoms with Gasteiger partial charge < -0.3 is 24.4 Å². The third-order valence-electron chi connectivity index (χ3n) is 6.96. The van der Waals surface area contributed by atoms with Gasteiger partial charge in [-0.3, -0.25) is 9.59 Å². The zero-order valence-corrected chi connectivity index (χ0v) is 24.0. The fraction of sp³-hybridized carbons (Fsp3) is 0.484. The van der Waals surface area contributed by atoms with Crippen LogP contribution >= 0.6 is 0 Å². The van der Waals surface area contributed by atoms with Gasteiger partial charge in [0.1, 0.15) is 17.3 Å². The third-order valence-corrected chi connectivity index (χ3v) is 6.96. The fourth-order valence-electron chi connectivity index (χ4n) is 4.78. The SMILES string of the molecule is CCN(CC)CCN1C(=O)C(=O)/C(=C(/O)c2cc(C(C)(C)C)ccc2OC)C1c1cccc(OC(C)C)c1. The number of nitrogens with zero attached hydrogens (tertiary/aromatic N) is 2. The van der Waals surface area contributed by atoms with Crippen LogP contribution in [0.2, 0.25) is 0 Å². The van der Waals surface area contributed by atoms with Crippen molar-refractivity contribution in [2.45, 2.75) is 66.0 Å². The number of ether oxygens (including phenoxy) is 2. The number of ketones is 1. The van der Waals surface area contributed by atoms with E-state index in [1.165, 1.54) is 7.11 Å². The van der Waals surface area contributed by atoms with Crippen molar-refractivity contribution in [3.8, 4) is 11.5 Å². The number of Topliss-reactive ketones (excluding diaryl/α,β-unsaturated/α-hetero) is 1. The zero-order valence-electron chi connectivity index (χ0n) is 24.0. The fourth-order valence-corrected chi connectivity index (χ4v) is 4.78. The molecule has 0 bridgehead atoms. The molecule has 1 N–H and O–H groups in total. The summed E-state index contributed by atoms with van der Waals surface area (Å²) in [4.78, 5) is 30.7. The highest BCUT2D eigenvalue weighted by Crippen LogP contribution is 2.42. The van der Waals surface area contributed by atoms with Crippen LogP contribution in [0, 0.1) is 0 Å². The largest absolute Gasteiger partial charge is 0.507 e. The Bertz CT molecular complexity index is 1190. The Morgan fingerprint density at radius 1 is 1.08 bits per heavy atom. The van der Waals surface area contributed by atoms with Gasteiger partial charge in [0, 0.05) is 13.1 Å². The molecule has 1 heterocycles. The Kier molecular flexibility index (Phi) is 9.26. The van der Waals surface area contributed by atoms with E-state index in [2.05, 4.69) is 39.5 Å². The Morgan fingerprint density at radius 3 is 2.34 bits per heavy atom. The van der Waals surface area contributed by atoms with Gasteiger partial charge in [-0.2, -0.15) is 0 Å². The number of rotatable bonds is 10. The molecule has 0 saturated carbocycles. The molecule has 1 aliphatic rings. The lowest BCUT2D eigenvalue weighted by Crippen LogP contribution is -2.38. The van der Waals surface area contributed by atoms with Gasteiger partial charge >= 0.3 is 0 Å². The number of carbonyl (C=O) groups is 2. The van der Waals surface area contributed by atoms with E-state index in [0.717, 1.165) is 18.7 Å². The van der Waals surface area contributed by atoms with Gasteiger partial charge in [0.2, 0.25) is 0 Å². The Hall–Kier alpha value is -3.32. The standard InChI is InChI=1S/C31H42N2O5/c1-9-32(10-2)16-17-33-27(21-12-11-13-23(18-21)38-20(3)4)26(29(35)30(33)36)28(34)24-19-22(31(5,6)7)14-15-25(24)37-8/h11-15,18-20,27,34H,9-10,16-17H2,1-8H3/b28-26+. The second kappa shape index (κ2) is 12.0. The number of carbonyl (C=O) groups excluding carboxylic acids is 2. The molecule has 7 nitrogen and oxygen atoms in total. The summed E-state index contributed by atoms with van der Waals surface area (Å²) in [7, 11) is 1.52. The lowest BCUT2D eigenvalue weighted by Gasteiger charge is -2.28. The number of aliphatic hydroxyl groups excluding tert-OH is 1. The van der Waals surface area contributed by atoms with E-state index in [-0.39, 0.29) is 22.9 Å². The first-order valence-corrected chi connectivity index (χ1v) is 13.4. The molecule has 7 heteroatoms. The topological polar surface area (TPSA) is 79.3 Å². The van der Waals surface area contributed by atoms with Crippen molar-refractivity contribution in [3.63, 3.8) is 0 Å². The molecule has 1 aliphatic heterocycles. The maximum absolute atomic E-state index is 13.5. The minimum Gasteiger partial charge on any atom is -0.507 e. The van der Waals surface area contributed by atoms with Crippen LogP contribution in [0.25, 0.3) is 5.76 Å². The number of hydrogen-bond donors (Lipinski definition) is 1. The van der Waals surface area contributed by atoms with E-state index in [1.807, 2.05) is 50.2 Å². The number of methoxy groups -OCH3 is 1. The highest BCUT2D eigenvalue weighted by Gasteiger charge is 2.46. The Morgan fingerprint density at radius 2 is 1.76 bits per heavy atom. The summed E-state index contributed by atoms with van der Waals surface area (Å²) >= 11 is 0. The van der Waals surface area contributed by atoms with E-state index >= 15 is 0 Å². The molecule has 1 atom stereocenters. The number of aliphatic hydroxyl groups is 1. The van der Waals surface area contributed by atoms with Crippen LogP contribution in [0.5, 0.6) is 11.5 Å². The molecule has 3 rings (SSSR count). The highest BCUT2D eigenvalue weighted by atomic mass is 16.5. The van der Waals surface area contributed by atoms with E-state index in [9.17, 15) is 14.7 Å².